The quantitative estimate of drug-likeness (QED) is 0.105. The van der Waals surface area contributed by atoms with Crippen molar-refractivity contribution in [3.63, 3.8) is 0 Å². The maximum absolute atomic E-state index is 14.2. The fourth-order valence-electron chi connectivity index (χ4n) is 5.49. The van der Waals surface area contributed by atoms with Crippen LogP contribution < -0.4 is 15.9 Å². The van der Waals surface area contributed by atoms with Gasteiger partial charge in [0.1, 0.15) is 18.7 Å². The average molecular weight is 673 g/mol. The van der Waals surface area contributed by atoms with Crippen LogP contribution in [0.3, 0.4) is 0 Å². The van der Waals surface area contributed by atoms with E-state index in [1.54, 1.807) is 31.2 Å². The van der Waals surface area contributed by atoms with Crippen LogP contribution in [0.15, 0.2) is 85.3 Å². The number of nitrogens with one attached hydrogen (secondary N) is 4. The lowest BCUT2D eigenvalue weighted by molar-refractivity contribution is -0.146. The number of aliphatic hydroxyl groups excluding tert-OH is 1. The van der Waals surface area contributed by atoms with E-state index in [1.807, 2.05) is 62.4 Å². The van der Waals surface area contributed by atoms with Gasteiger partial charge in [-0.2, -0.15) is 0 Å². The zero-order chi connectivity index (χ0) is 36.0. The number of carbonyl (C=O) groups is 4. The van der Waals surface area contributed by atoms with Gasteiger partial charge >= 0.3 is 12.1 Å². The highest BCUT2D eigenvalue weighted by Crippen LogP contribution is 2.20. The van der Waals surface area contributed by atoms with E-state index in [9.17, 15) is 24.3 Å². The summed E-state index contributed by atoms with van der Waals surface area (Å²) in [4.78, 5) is 60.4. The Morgan fingerprint density at radius 1 is 0.898 bits per heavy atom. The number of esters is 1. The van der Waals surface area contributed by atoms with Gasteiger partial charge in [0.25, 0.3) is 0 Å². The molecule has 0 saturated heterocycles. The Hall–Kier alpha value is -5.23. The van der Waals surface area contributed by atoms with E-state index in [-0.39, 0.29) is 38.4 Å². The Kier molecular flexibility index (Phi) is 13.1. The molecule has 0 unspecified atom stereocenters. The molecule has 12 nitrogen and oxygen atoms in total. The Balaban J connectivity index is 1.61. The van der Waals surface area contributed by atoms with Gasteiger partial charge in [-0.05, 0) is 41.2 Å². The minimum atomic E-state index is -1.40. The Labute approximate surface area is 287 Å². The minimum absolute atomic E-state index is 0.0165. The van der Waals surface area contributed by atoms with Gasteiger partial charge in [0, 0.05) is 24.7 Å². The van der Waals surface area contributed by atoms with E-state index in [1.165, 1.54) is 12.5 Å². The molecule has 0 aliphatic rings. The molecular formula is C37H45N5O7. The van der Waals surface area contributed by atoms with Crippen LogP contribution in [0.2, 0.25) is 1.41 Å². The number of aromatic amines is 1. The second-order valence-electron chi connectivity index (χ2n) is 12.2. The third-order valence-electron chi connectivity index (χ3n) is 7.87. The molecule has 0 radical (unpaired) electrons. The first kappa shape index (κ1) is 35.1. The van der Waals surface area contributed by atoms with Crippen molar-refractivity contribution in [1.82, 2.24) is 25.9 Å². The highest BCUT2D eigenvalue weighted by molar-refractivity contribution is 5.93. The summed E-state index contributed by atoms with van der Waals surface area (Å²) in [5.74, 6) is -1.96. The third kappa shape index (κ3) is 11.5. The number of benzene rings is 3. The number of rotatable bonds is 17. The molecule has 0 aliphatic heterocycles. The molecule has 5 N–H and O–H groups in total. The number of amides is 3. The van der Waals surface area contributed by atoms with E-state index >= 15 is 0 Å². The summed E-state index contributed by atoms with van der Waals surface area (Å²) in [5.41, 5.74) is 1.96. The summed E-state index contributed by atoms with van der Waals surface area (Å²) in [6.45, 7) is 5.54. The zero-order valence-electron chi connectivity index (χ0n) is 29.0. The van der Waals surface area contributed by atoms with Crippen LogP contribution >= 0.6 is 0 Å². The predicted molar refractivity (Wildman–Crippen MR) is 184 cm³/mol. The van der Waals surface area contributed by atoms with Crippen molar-refractivity contribution in [3.05, 3.63) is 102 Å². The van der Waals surface area contributed by atoms with Crippen LogP contribution in [0.5, 0.6) is 0 Å². The largest absolute Gasteiger partial charge is 0.466 e. The molecule has 3 amide bonds. The van der Waals surface area contributed by atoms with Crippen LogP contribution in [0.1, 0.15) is 50.4 Å². The van der Waals surface area contributed by atoms with Crippen LogP contribution in [0.25, 0.3) is 10.8 Å². The van der Waals surface area contributed by atoms with E-state index in [0.29, 0.717) is 28.6 Å². The van der Waals surface area contributed by atoms with Gasteiger partial charge in [-0.1, -0.05) is 86.6 Å². The van der Waals surface area contributed by atoms with Crippen LogP contribution in [0, 0.1) is 5.92 Å². The van der Waals surface area contributed by atoms with Crippen molar-refractivity contribution in [3.8, 4) is 0 Å². The number of carbonyl (C=O) groups excluding carboxylic acids is 4. The van der Waals surface area contributed by atoms with Crippen molar-refractivity contribution in [1.29, 1.82) is 0 Å². The summed E-state index contributed by atoms with van der Waals surface area (Å²) < 4.78 is 19.2. The number of alkyl carbamates (subject to hydrolysis) is 1. The molecule has 0 bridgehead atoms. The fourth-order valence-corrected chi connectivity index (χ4v) is 5.49. The summed E-state index contributed by atoms with van der Waals surface area (Å²) >= 11 is 0. The number of hydrogen-bond acceptors (Lipinski definition) is 8. The predicted octanol–water partition coefficient (Wildman–Crippen LogP) is 3.97. The molecule has 3 aromatic carbocycles. The van der Waals surface area contributed by atoms with E-state index in [0.717, 1.165) is 10.8 Å². The van der Waals surface area contributed by atoms with Crippen LogP contribution in [-0.4, -0.2) is 69.8 Å². The maximum atomic E-state index is 14.2. The van der Waals surface area contributed by atoms with Crippen molar-refractivity contribution in [2.75, 3.05) is 6.61 Å². The molecule has 0 aliphatic carbocycles. The number of aliphatic hydroxyl groups is 1. The lowest BCUT2D eigenvalue weighted by Gasteiger charge is -2.28. The normalized spacial score (nSPS) is 13.9. The molecule has 1 aromatic heterocycles. The molecule has 0 fully saturated rings. The number of nitrogens with zero attached hydrogens (tertiary/aromatic N) is 1. The van der Waals surface area contributed by atoms with Gasteiger partial charge in [-0.3, -0.25) is 14.4 Å². The van der Waals surface area contributed by atoms with Gasteiger partial charge in [0.05, 0.1) is 31.5 Å². The summed E-state index contributed by atoms with van der Waals surface area (Å²) in [7, 11) is 0. The molecule has 0 saturated carbocycles. The molecule has 0 spiro atoms. The second kappa shape index (κ2) is 18.3. The lowest BCUT2D eigenvalue weighted by atomic mass is 9.96. The van der Waals surface area contributed by atoms with Crippen molar-refractivity contribution < 1.29 is 35.2 Å². The summed E-state index contributed by atoms with van der Waals surface area (Å²) in [5, 5.41) is 18.8. The fraction of sp³-hybridized carbons (Fsp3) is 0.378. The van der Waals surface area contributed by atoms with Gasteiger partial charge in [0.2, 0.25) is 11.8 Å². The van der Waals surface area contributed by atoms with E-state index < -0.39 is 48.1 Å². The molecule has 1 heterocycles. The van der Waals surface area contributed by atoms with E-state index in [4.69, 9.17) is 10.9 Å². The number of fused-ring (bicyclic) bond motifs is 1. The minimum Gasteiger partial charge on any atom is -0.466 e. The Morgan fingerprint density at radius 3 is 2.33 bits per heavy atom. The van der Waals surface area contributed by atoms with Gasteiger partial charge in [-0.25, -0.2) is 9.78 Å². The Morgan fingerprint density at radius 2 is 1.61 bits per heavy atom. The first-order chi connectivity index (χ1) is 24.0. The molecule has 4 aromatic rings. The number of ether oxygens (including phenoxy) is 2. The molecule has 4 rings (SSSR count). The van der Waals surface area contributed by atoms with Crippen LogP contribution in [0.4, 0.5) is 4.79 Å². The standard InChI is InChI=1S/C37H45N5O7/c1-4-48-34(44)20-33(43)30(17-24(2)3)40-36(46)32(19-28-21-38-23-39-28)41-35(45)31(42-37(47)49-22-25-11-6-5-7-12-25)18-27-15-10-14-26-13-8-9-16-29(26)27/h5-16,21,23-24,30-33,43H,4,17-20,22H2,1-3H3,(H,38,39)(H,40,46)(H,41,45)(H,42,47)/t30-,31-,32-,33-/m0/s1/i/hD. The SMILES string of the molecule is [2H]N(C(=O)OCc1ccccc1)[C@@H](Cc1cccc2ccccc12)C(=O)N[C@@H](Cc1cnc[nH]1)C(=O)N[C@@H](CC(C)C)[C@@H](O)CC(=O)OCC. The van der Waals surface area contributed by atoms with Crippen LogP contribution in [-0.2, 0) is 43.3 Å². The van der Waals surface area contributed by atoms with Crippen molar-refractivity contribution >= 4 is 34.6 Å². The van der Waals surface area contributed by atoms with Gasteiger partial charge in [0.15, 0.2) is 1.41 Å². The topological polar surface area (TPSA) is 172 Å². The van der Waals surface area contributed by atoms with E-state index in [2.05, 4.69) is 20.6 Å². The van der Waals surface area contributed by atoms with Crippen molar-refractivity contribution in [2.24, 2.45) is 5.92 Å². The number of imidazole rings is 1. The lowest BCUT2D eigenvalue weighted by Crippen LogP contribution is -2.57. The molecule has 260 valence electrons. The molecule has 49 heavy (non-hydrogen) atoms. The highest BCUT2D eigenvalue weighted by atomic mass is 16.5. The highest BCUT2D eigenvalue weighted by Gasteiger charge is 2.32. The summed E-state index contributed by atoms with van der Waals surface area (Å²) in [6, 6.07) is 18.7. The zero-order valence-corrected chi connectivity index (χ0v) is 28.0. The van der Waals surface area contributed by atoms with Gasteiger partial charge < -0.3 is 35.5 Å². The van der Waals surface area contributed by atoms with Gasteiger partial charge in [-0.15, -0.1) is 0 Å². The summed E-state index contributed by atoms with van der Waals surface area (Å²) in [6.07, 6.45) is 0.618. The maximum Gasteiger partial charge on any atom is 0.408 e. The number of hydrogen-bond donors (Lipinski definition) is 5. The first-order valence-corrected chi connectivity index (χ1v) is 16.4. The second-order valence-corrected chi connectivity index (χ2v) is 12.2. The monoisotopic (exact) mass is 672 g/mol. The number of H-pyrrole nitrogens is 1. The molecular weight excluding hydrogens is 626 g/mol. The molecule has 4 atom stereocenters. The third-order valence-corrected chi connectivity index (χ3v) is 7.87. The first-order valence-electron chi connectivity index (χ1n) is 16.9. The Bertz CT molecular complexity index is 1700. The smallest absolute Gasteiger partial charge is 0.408 e. The van der Waals surface area contributed by atoms with Crippen molar-refractivity contribution in [2.45, 2.75) is 77.3 Å². The average Bonchev–Trinajstić information content (AvgIpc) is 3.62. The number of aromatic nitrogens is 2. The molecule has 12 heteroatoms.